The molecule has 0 aromatic rings. The van der Waals surface area contributed by atoms with E-state index in [1.54, 1.807) is 0 Å². The van der Waals surface area contributed by atoms with Crippen molar-refractivity contribution in [1.82, 2.24) is 26.2 Å². The molecule has 3 atom stereocenters. The van der Waals surface area contributed by atoms with E-state index in [1.807, 2.05) is 54.5 Å². The molecule has 1 aliphatic heterocycles. The Bertz CT molecular complexity index is 1190. The number of nitrogens with one attached hydrogen (secondary N) is 4. The van der Waals surface area contributed by atoms with Crippen LogP contribution in [0.3, 0.4) is 0 Å². The summed E-state index contributed by atoms with van der Waals surface area (Å²) in [5, 5.41) is 10.7. The summed E-state index contributed by atoms with van der Waals surface area (Å²) < 4.78 is 0. The predicted octanol–water partition coefficient (Wildman–Crippen LogP) is 4.22. The first-order valence-corrected chi connectivity index (χ1v) is 16.2. The molecule has 0 saturated carbocycles. The first-order valence-electron chi connectivity index (χ1n) is 16.2. The Morgan fingerprint density at radius 2 is 1.68 bits per heavy atom. The smallest absolute Gasteiger partial charge is 0.315 e. The fourth-order valence-corrected chi connectivity index (χ4v) is 5.05. The average molecular weight is 658 g/mol. The highest BCUT2D eigenvalue weighted by Crippen LogP contribution is 2.29. The van der Waals surface area contributed by atoms with Crippen LogP contribution in [-0.4, -0.2) is 78.0 Å². The van der Waals surface area contributed by atoms with E-state index in [-0.39, 0.29) is 31.2 Å². The number of Topliss-reactive ketones (excluding diaryl/α,β-unsaturated/α-hetero) is 2. The lowest BCUT2D eigenvalue weighted by Gasteiger charge is -2.37. The van der Waals surface area contributed by atoms with E-state index in [0.717, 1.165) is 31.3 Å². The number of rotatable bonds is 11. The zero-order chi connectivity index (χ0) is 35.1. The lowest BCUT2D eigenvalue weighted by atomic mass is 9.82. The van der Waals surface area contributed by atoms with Gasteiger partial charge in [0.1, 0.15) is 12.1 Å². The highest BCUT2D eigenvalue weighted by molar-refractivity contribution is 6.37. The van der Waals surface area contributed by atoms with Crippen molar-refractivity contribution in [1.29, 1.82) is 0 Å². The van der Waals surface area contributed by atoms with Crippen LogP contribution in [0.1, 0.15) is 107 Å². The molecule has 2 rings (SSSR count). The van der Waals surface area contributed by atoms with E-state index >= 15 is 0 Å². The second-order valence-corrected chi connectivity index (χ2v) is 13.8. The van der Waals surface area contributed by atoms with Gasteiger partial charge in [-0.1, -0.05) is 68.0 Å². The molecule has 1 heterocycles. The minimum atomic E-state index is -0.948. The van der Waals surface area contributed by atoms with Crippen LogP contribution < -0.4 is 21.3 Å². The molecule has 0 aromatic carbocycles. The molecule has 1 saturated heterocycles. The third-order valence-corrected chi connectivity index (χ3v) is 7.90. The molecule has 1 aliphatic carbocycles. The Kier molecular flexibility index (Phi) is 18.6. The minimum Gasteiger partial charge on any atom is -0.347 e. The fourth-order valence-electron chi connectivity index (χ4n) is 5.05. The Morgan fingerprint density at radius 3 is 2.23 bits per heavy atom. The van der Waals surface area contributed by atoms with Gasteiger partial charge >= 0.3 is 6.03 Å². The number of amides is 5. The zero-order valence-corrected chi connectivity index (χ0v) is 28.8. The van der Waals surface area contributed by atoms with Crippen molar-refractivity contribution in [3.63, 3.8) is 0 Å². The third kappa shape index (κ3) is 14.6. The molecule has 0 bridgehead atoms. The maximum absolute atomic E-state index is 13.8. The largest absolute Gasteiger partial charge is 0.347 e. The average Bonchev–Trinajstić information content (AvgIpc) is 3.39. The Balaban J connectivity index is 0.00000399. The first kappa shape index (κ1) is 43.1. The summed E-state index contributed by atoms with van der Waals surface area (Å²) in [6.07, 6.45) is 13.6. The summed E-state index contributed by atoms with van der Waals surface area (Å²) in [4.78, 5) is 78.0. The van der Waals surface area contributed by atoms with Gasteiger partial charge in [-0.2, -0.15) is 0 Å². The maximum atomic E-state index is 13.8. The van der Waals surface area contributed by atoms with Crippen LogP contribution in [0.2, 0.25) is 0 Å². The van der Waals surface area contributed by atoms with Crippen LogP contribution in [0.15, 0.2) is 24.3 Å². The molecule has 1 fully saturated rings. The van der Waals surface area contributed by atoms with Crippen molar-refractivity contribution in [2.45, 2.75) is 125 Å². The topological polar surface area (TPSA) is 154 Å². The predicted molar refractivity (Wildman–Crippen MR) is 186 cm³/mol. The number of hydrogen-bond acceptors (Lipinski definition) is 6. The normalized spacial score (nSPS) is 17.5. The molecule has 0 aromatic heterocycles. The van der Waals surface area contributed by atoms with Gasteiger partial charge in [0.2, 0.25) is 17.6 Å². The lowest BCUT2D eigenvalue weighted by molar-refractivity contribution is -0.142. The zero-order valence-electron chi connectivity index (χ0n) is 28.8. The van der Waals surface area contributed by atoms with E-state index in [4.69, 9.17) is 6.42 Å². The van der Waals surface area contributed by atoms with Crippen LogP contribution in [0, 0.1) is 23.2 Å². The van der Waals surface area contributed by atoms with Gasteiger partial charge in [-0.15, -0.1) is 18.9 Å². The number of hydrogen-bond donors (Lipinski definition) is 4. The fraction of sp³-hybridized carbons (Fsp3) is 0.667. The van der Waals surface area contributed by atoms with Crippen molar-refractivity contribution in [2.75, 3.05) is 19.6 Å². The van der Waals surface area contributed by atoms with Crippen LogP contribution >= 0.6 is 0 Å². The number of urea groups is 1. The molecule has 47 heavy (non-hydrogen) atoms. The van der Waals surface area contributed by atoms with Crippen LogP contribution in [0.25, 0.3) is 0 Å². The summed E-state index contributed by atoms with van der Waals surface area (Å²) >= 11 is 0. The molecule has 0 unspecified atom stereocenters. The van der Waals surface area contributed by atoms with Gasteiger partial charge in [-0.3, -0.25) is 24.0 Å². The quantitative estimate of drug-likeness (QED) is 0.148. The second-order valence-electron chi connectivity index (χ2n) is 13.8. The van der Waals surface area contributed by atoms with E-state index < -0.39 is 53.6 Å². The summed E-state index contributed by atoms with van der Waals surface area (Å²) in [6, 6.07) is -2.66. The van der Waals surface area contributed by atoms with Gasteiger partial charge < -0.3 is 26.2 Å². The molecule has 264 valence electrons. The van der Waals surface area contributed by atoms with Crippen molar-refractivity contribution in [2.24, 2.45) is 10.8 Å². The number of ketones is 2. The molecule has 0 spiro atoms. The second kappa shape index (κ2) is 20.3. The van der Waals surface area contributed by atoms with Gasteiger partial charge in [-0.05, 0) is 54.9 Å². The van der Waals surface area contributed by atoms with Crippen molar-refractivity contribution < 1.29 is 28.8 Å². The molecule has 2 aliphatic rings. The van der Waals surface area contributed by atoms with Crippen LogP contribution in [0.4, 0.5) is 4.79 Å². The standard InChI is InChI=1S/C31H49N5O6.C4H6.CH4/c1-8-16-32-27(40)23(38)19-33-26(39)21-14-12-17-36(21)28(41)25(31(5,6)7)35-29(42)34-24(30(2,3)4)18-20-13-10-9-11-15-22(20)37;1-3-4-2;/h8,13,21,24-25H,1,9-12,14-19H2,2-7H3,(H,32,40)(H,33,39)(H2,34,35,42);1H,4H2,2H3;1H4/t21-,24+,25+;;/m0../s1. The number of likely N-dealkylation sites (tertiary alicyclic amines) is 1. The van der Waals surface area contributed by atoms with E-state index in [1.165, 1.54) is 11.0 Å². The Morgan fingerprint density at radius 1 is 1.04 bits per heavy atom. The van der Waals surface area contributed by atoms with E-state index in [9.17, 15) is 28.8 Å². The summed E-state index contributed by atoms with van der Waals surface area (Å²) in [7, 11) is 0. The first-order chi connectivity index (χ1) is 21.5. The molecule has 11 heteroatoms. The Labute approximate surface area is 282 Å². The lowest BCUT2D eigenvalue weighted by Crippen LogP contribution is -2.60. The van der Waals surface area contributed by atoms with Gasteiger partial charge in [0.25, 0.3) is 5.91 Å². The maximum Gasteiger partial charge on any atom is 0.315 e. The highest BCUT2D eigenvalue weighted by atomic mass is 16.2. The van der Waals surface area contributed by atoms with Crippen molar-refractivity contribution in [3.05, 3.63) is 24.3 Å². The molecule has 4 N–H and O–H groups in total. The minimum absolute atomic E-state index is 0. The van der Waals surface area contributed by atoms with E-state index in [0.29, 0.717) is 32.2 Å². The number of carbonyl (C=O) groups is 6. The van der Waals surface area contributed by atoms with Crippen LogP contribution in [-0.2, 0) is 24.0 Å². The molecule has 0 radical (unpaired) electrons. The third-order valence-electron chi connectivity index (χ3n) is 7.90. The number of carbonyl (C=O) groups excluding carboxylic acids is 6. The van der Waals surface area contributed by atoms with Crippen LogP contribution in [0.5, 0.6) is 0 Å². The summed E-state index contributed by atoms with van der Waals surface area (Å²) in [5.41, 5.74) is -0.308. The summed E-state index contributed by atoms with van der Waals surface area (Å²) in [6.45, 7) is 16.8. The molecular weight excluding hydrogens is 598 g/mol. The number of nitrogens with zero attached hydrogens (tertiary/aromatic N) is 1. The molecular formula is C36H59N5O6. The van der Waals surface area contributed by atoms with Gasteiger partial charge in [0.15, 0.2) is 5.78 Å². The van der Waals surface area contributed by atoms with Crippen molar-refractivity contribution >= 4 is 35.3 Å². The number of terminal acetylenes is 1. The van der Waals surface area contributed by atoms with Gasteiger partial charge in [0.05, 0.1) is 6.54 Å². The SMILES string of the molecule is C.C#CCC.C=CCNC(=O)C(=O)CNC(=O)[C@@H]1CCCN1C(=O)[C@@H](NC(=O)N[C@H](CC1=CCCCCC1=O)C(C)(C)C)C(C)(C)C. The highest BCUT2D eigenvalue weighted by Gasteiger charge is 2.42. The van der Waals surface area contributed by atoms with E-state index in [2.05, 4.69) is 33.8 Å². The monoisotopic (exact) mass is 657 g/mol. The van der Waals surface area contributed by atoms with Gasteiger partial charge in [0, 0.05) is 32.0 Å². The Hall–Kier alpha value is -3.94. The van der Waals surface area contributed by atoms with Crippen molar-refractivity contribution in [3.8, 4) is 12.3 Å². The molecule has 11 nitrogen and oxygen atoms in total. The molecule has 5 amide bonds. The van der Waals surface area contributed by atoms with Gasteiger partial charge in [-0.25, -0.2) is 4.79 Å². The number of allylic oxidation sites excluding steroid dienone is 1. The summed E-state index contributed by atoms with van der Waals surface area (Å²) in [5.74, 6) is -0.0204.